The normalized spacial score (nSPS) is 13.0. The van der Waals surface area contributed by atoms with Crippen molar-refractivity contribution >= 4 is 17.3 Å². The summed E-state index contributed by atoms with van der Waals surface area (Å²) in [5, 5.41) is 11.0. The van der Waals surface area contributed by atoms with Crippen LogP contribution in [-0.2, 0) is 11.3 Å². The number of nitro groups is 1. The third-order valence-electron chi connectivity index (χ3n) is 3.83. The first kappa shape index (κ1) is 15.8. The molecule has 0 N–H and O–H groups in total. The van der Waals surface area contributed by atoms with Gasteiger partial charge in [-0.2, -0.15) is 0 Å². The van der Waals surface area contributed by atoms with E-state index in [9.17, 15) is 14.9 Å². The Morgan fingerprint density at radius 1 is 1.33 bits per heavy atom. The molecule has 0 aromatic heterocycles. The number of methoxy groups -OCH3 is 1. The monoisotopic (exact) mass is 328 g/mol. The van der Waals surface area contributed by atoms with Crippen molar-refractivity contribution < 1.29 is 19.2 Å². The van der Waals surface area contributed by atoms with Crippen molar-refractivity contribution in [2.24, 2.45) is 0 Å². The van der Waals surface area contributed by atoms with Gasteiger partial charge in [0.2, 0.25) is 0 Å². The number of anilines is 1. The molecule has 1 heterocycles. The van der Waals surface area contributed by atoms with Crippen molar-refractivity contribution in [3.05, 3.63) is 63.7 Å². The first-order valence-corrected chi connectivity index (χ1v) is 7.42. The van der Waals surface area contributed by atoms with Crippen LogP contribution >= 0.6 is 0 Å². The van der Waals surface area contributed by atoms with Gasteiger partial charge < -0.3 is 14.4 Å². The number of carbonyl (C=O) groups excluding carboxylic acids is 1. The molecule has 0 saturated carbocycles. The maximum Gasteiger partial charge on any atom is 0.337 e. The van der Waals surface area contributed by atoms with Gasteiger partial charge in [-0.3, -0.25) is 10.1 Å². The molecular weight excluding hydrogens is 312 g/mol. The molecular formula is C17H16N2O5. The van der Waals surface area contributed by atoms with E-state index in [1.54, 1.807) is 24.3 Å². The standard InChI is InChI=1S/C17H16N2O5/c1-23-17(20)13-4-2-3-12(9-13)11-18-7-8-24-16-6-5-14(19(21)22)10-15(16)18/h2-6,9-10H,7-8,11H2,1H3. The molecule has 3 rings (SSSR count). The Hall–Kier alpha value is -3.09. The summed E-state index contributed by atoms with van der Waals surface area (Å²) >= 11 is 0. The highest BCUT2D eigenvalue weighted by molar-refractivity contribution is 5.89. The molecule has 0 radical (unpaired) electrons. The summed E-state index contributed by atoms with van der Waals surface area (Å²) in [6.07, 6.45) is 0. The summed E-state index contributed by atoms with van der Waals surface area (Å²) in [5.74, 6) is 0.228. The quantitative estimate of drug-likeness (QED) is 0.488. The Bertz CT molecular complexity index is 790. The Kier molecular flexibility index (Phi) is 4.33. The molecule has 0 unspecified atom stereocenters. The average molecular weight is 328 g/mol. The SMILES string of the molecule is COC(=O)c1cccc(CN2CCOc3ccc([N+](=O)[O-])cc32)c1. The van der Waals surface area contributed by atoms with Crippen LogP contribution < -0.4 is 9.64 Å². The highest BCUT2D eigenvalue weighted by Gasteiger charge is 2.21. The maximum atomic E-state index is 11.6. The third-order valence-corrected chi connectivity index (χ3v) is 3.83. The summed E-state index contributed by atoms with van der Waals surface area (Å²) in [4.78, 5) is 24.2. The van der Waals surface area contributed by atoms with E-state index >= 15 is 0 Å². The summed E-state index contributed by atoms with van der Waals surface area (Å²) in [6.45, 7) is 1.63. The van der Waals surface area contributed by atoms with Gasteiger partial charge in [-0.1, -0.05) is 12.1 Å². The van der Waals surface area contributed by atoms with Crippen LogP contribution in [0, 0.1) is 10.1 Å². The molecule has 124 valence electrons. The molecule has 2 aromatic carbocycles. The number of hydrogen-bond donors (Lipinski definition) is 0. The van der Waals surface area contributed by atoms with Crippen LogP contribution in [-0.4, -0.2) is 31.2 Å². The van der Waals surface area contributed by atoms with Crippen LogP contribution in [0.25, 0.3) is 0 Å². The zero-order chi connectivity index (χ0) is 17.1. The zero-order valence-corrected chi connectivity index (χ0v) is 13.1. The third kappa shape index (κ3) is 3.15. The molecule has 2 aromatic rings. The number of carbonyl (C=O) groups is 1. The fourth-order valence-electron chi connectivity index (χ4n) is 2.67. The number of nitrogens with zero attached hydrogens (tertiary/aromatic N) is 2. The average Bonchev–Trinajstić information content (AvgIpc) is 2.61. The van der Waals surface area contributed by atoms with Gasteiger partial charge in [0.05, 0.1) is 29.8 Å². The summed E-state index contributed by atoms with van der Waals surface area (Å²) in [7, 11) is 1.34. The van der Waals surface area contributed by atoms with E-state index in [0.717, 1.165) is 5.56 Å². The lowest BCUT2D eigenvalue weighted by molar-refractivity contribution is -0.384. The van der Waals surface area contributed by atoms with Gasteiger partial charge in [0.1, 0.15) is 12.4 Å². The van der Waals surface area contributed by atoms with E-state index in [1.807, 2.05) is 11.0 Å². The molecule has 7 heteroatoms. The topological polar surface area (TPSA) is 81.9 Å². The summed E-state index contributed by atoms with van der Waals surface area (Å²) in [5.41, 5.74) is 2.09. The first-order chi connectivity index (χ1) is 11.6. The van der Waals surface area contributed by atoms with E-state index < -0.39 is 10.9 Å². The van der Waals surface area contributed by atoms with Crippen molar-refractivity contribution in [3.8, 4) is 5.75 Å². The highest BCUT2D eigenvalue weighted by atomic mass is 16.6. The van der Waals surface area contributed by atoms with Crippen LogP contribution in [0.1, 0.15) is 15.9 Å². The number of non-ortho nitro benzene ring substituents is 1. The lowest BCUT2D eigenvalue weighted by Gasteiger charge is -2.31. The van der Waals surface area contributed by atoms with Gasteiger partial charge in [0.25, 0.3) is 5.69 Å². The maximum absolute atomic E-state index is 11.6. The van der Waals surface area contributed by atoms with E-state index in [0.29, 0.717) is 36.7 Å². The van der Waals surface area contributed by atoms with Gasteiger partial charge in [0.15, 0.2) is 0 Å². The van der Waals surface area contributed by atoms with Crippen molar-refractivity contribution in [1.29, 1.82) is 0 Å². The summed E-state index contributed by atoms with van der Waals surface area (Å²) < 4.78 is 10.3. The largest absolute Gasteiger partial charge is 0.490 e. The molecule has 0 fully saturated rings. The molecule has 7 nitrogen and oxygen atoms in total. The number of hydrogen-bond acceptors (Lipinski definition) is 6. The number of esters is 1. The molecule has 1 aliphatic heterocycles. The second-order valence-electron chi connectivity index (χ2n) is 5.37. The zero-order valence-electron chi connectivity index (χ0n) is 13.1. The van der Waals surface area contributed by atoms with Crippen LogP contribution in [0.4, 0.5) is 11.4 Å². The molecule has 24 heavy (non-hydrogen) atoms. The minimum Gasteiger partial charge on any atom is -0.490 e. The van der Waals surface area contributed by atoms with Crippen LogP contribution in [0.2, 0.25) is 0 Å². The number of nitro benzene ring substituents is 1. The van der Waals surface area contributed by atoms with Crippen molar-refractivity contribution in [2.75, 3.05) is 25.2 Å². The van der Waals surface area contributed by atoms with E-state index in [1.165, 1.54) is 19.2 Å². The highest BCUT2D eigenvalue weighted by Crippen LogP contribution is 2.35. The summed E-state index contributed by atoms with van der Waals surface area (Å²) in [6, 6.07) is 11.7. The number of ether oxygens (including phenoxy) is 2. The van der Waals surface area contributed by atoms with Crippen LogP contribution in [0.15, 0.2) is 42.5 Å². The molecule has 0 amide bonds. The predicted molar refractivity (Wildman–Crippen MR) is 87.4 cm³/mol. The number of fused-ring (bicyclic) bond motifs is 1. The Morgan fingerprint density at radius 3 is 2.92 bits per heavy atom. The van der Waals surface area contributed by atoms with Gasteiger partial charge in [-0.25, -0.2) is 4.79 Å². The first-order valence-electron chi connectivity index (χ1n) is 7.42. The Balaban J connectivity index is 1.88. The lowest BCUT2D eigenvalue weighted by Crippen LogP contribution is -2.32. The minimum atomic E-state index is -0.426. The van der Waals surface area contributed by atoms with Crippen molar-refractivity contribution in [3.63, 3.8) is 0 Å². The van der Waals surface area contributed by atoms with Gasteiger partial charge in [-0.05, 0) is 23.8 Å². The molecule has 0 bridgehead atoms. The predicted octanol–water partition coefficient (Wildman–Crippen LogP) is 2.78. The molecule has 0 saturated heterocycles. The van der Waals surface area contributed by atoms with E-state index in [-0.39, 0.29) is 5.69 Å². The number of rotatable bonds is 4. The van der Waals surface area contributed by atoms with Crippen LogP contribution in [0.3, 0.4) is 0 Å². The van der Waals surface area contributed by atoms with Gasteiger partial charge in [0, 0.05) is 18.7 Å². The van der Waals surface area contributed by atoms with Crippen molar-refractivity contribution in [1.82, 2.24) is 0 Å². The molecule has 0 spiro atoms. The van der Waals surface area contributed by atoms with Crippen molar-refractivity contribution in [2.45, 2.75) is 6.54 Å². The molecule has 1 aliphatic rings. The second kappa shape index (κ2) is 6.57. The molecule has 0 atom stereocenters. The van der Waals surface area contributed by atoms with E-state index in [4.69, 9.17) is 9.47 Å². The van der Waals surface area contributed by atoms with Crippen LogP contribution in [0.5, 0.6) is 5.75 Å². The van der Waals surface area contributed by atoms with Gasteiger partial charge >= 0.3 is 5.97 Å². The molecule has 0 aliphatic carbocycles. The van der Waals surface area contributed by atoms with Gasteiger partial charge in [-0.15, -0.1) is 0 Å². The smallest absolute Gasteiger partial charge is 0.337 e. The van der Waals surface area contributed by atoms with E-state index in [2.05, 4.69) is 0 Å². The fourth-order valence-corrected chi connectivity index (χ4v) is 2.67. The lowest BCUT2D eigenvalue weighted by atomic mass is 10.1. The minimum absolute atomic E-state index is 0.0209. The Labute approximate surface area is 138 Å². The second-order valence-corrected chi connectivity index (χ2v) is 5.37. The fraction of sp³-hybridized carbons (Fsp3) is 0.235. The Morgan fingerprint density at radius 2 is 2.17 bits per heavy atom. The number of benzene rings is 2.